The molecule has 0 saturated carbocycles. The summed E-state index contributed by atoms with van der Waals surface area (Å²) in [6.07, 6.45) is 1.69. The molecule has 10 heteroatoms. The van der Waals surface area contributed by atoms with E-state index in [9.17, 15) is 4.79 Å². The average molecular weight is 464 g/mol. The monoisotopic (exact) mass is 463 g/mol. The Labute approximate surface area is 191 Å². The number of rotatable bonds is 4. The van der Waals surface area contributed by atoms with Gasteiger partial charge in [-0.2, -0.15) is 5.10 Å². The van der Waals surface area contributed by atoms with E-state index < -0.39 is 0 Å². The molecule has 0 radical (unpaired) electrons. The molecule has 1 aromatic carbocycles. The van der Waals surface area contributed by atoms with Crippen molar-refractivity contribution in [2.75, 3.05) is 0 Å². The number of fused-ring (bicyclic) bond motifs is 2. The lowest BCUT2D eigenvalue weighted by Crippen LogP contribution is -2.22. The minimum atomic E-state index is -0.142. The van der Waals surface area contributed by atoms with Gasteiger partial charge in [-0.25, -0.2) is 9.97 Å². The van der Waals surface area contributed by atoms with Gasteiger partial charge in [0.15, 0.2) is 10.8 Å². The van der Waals surface area contributed by atoms with Gasteiger partial charge in [-0.15, -0.1) is 0 Å². The number of H-pyrrole nitrogens is 1. The van der Waals surface area contributed by atoms with Crippen LogP contribution < -0.4 is 11.0 Å². The molecule has 0 amide bonds. The number of hydrogen-bond acceptors (Lipinski definition) is 6. The fourth-order valence-electron chi connectivity index (χ4n) is 3.50. The average Bonchev–Trinajstić information content (AvgIpc) is 3.15. The first kappa shape index (κ1) is 20.5. The van der Waals surface area contributed by atoms with Crippen LogP contribution in [0.4, 0.5) is 0 Å². The standard InChI is InChI=1S/C22H18ClN7OS/c1-12-6-7-15(10-16(12)23)30-20(24)19-13(2)27-28-21(19)26-22(30)32-11-14-9-18(31)29-8-4-3-5-17(29)25-14/h3-10,24H,11H2,1-2H3,(H,27,28). The Kier molecular flexibility index (Phi) is 5.07. The van der Waals surface area contributed by atoms with Crippen LogP contribution in [-0.4, -0.2) is 29.1 Å². The summed E-state index contributed by atoms with van der Waals surface area (Å²) >= 11 is 7.76. The van der Waals surface area contributed by atoms with E-state index in [2.05, 4.69) is 15.2 Å². The summed E-state index contributed by atoms with van der Waals surface area (Å²) in [5.41, 5.74) is 4.25. The largest absolute Gasteiger partial charge is 0.283 e. The van der Waals surface area contributed by atoms with E-state index in [1.54, 1.807) is 22.9 Å². The van der Waals surface area contributed by atoms with E-state index in [0.717, 1.165) is 16.9 Å². The van der Waals surface area contributed by atoms with Gasteiger partial charge in [0, 0.05) is 28.7 Å². The van der Waals surface area contributed by atoms with Crippen LogP contribution in [0.1, 0.15) is 17.0 Å². The SMILES string of the molecule is Cc1ccc(-n2c(SCc3cc(=O)n4ccccc4n3)nc3n[nH]c(C)c3c2=N)cc1Cl. The van der Waals surface area contributed by atoms with E-state index in [1.165, 1.54) is 22.2 Å². The smallest absolute Gasteiger partial charge is 0.258 e. The van der Waals surface area contributed by atoms with Gasteiger partial charge in [-0.1, -0.05) is 35.5 Å². The van der Waals surface area contributed by atoms with Crippen LogP contribution in [0.15, 0.2) is 58.6 Å². The van der Waals surface area contributed by atoms with Crippen molar-refractivity contribution in [2.45, 2.75) is 24.8 Å². The second-order valence-electron chi connectivity index (χ2n) is 7.36. The molecule has 0 bridgehead atoms. The summed E-state index contributed by atoms with van der Waals surface area (Å²) in [5.74, 6) is 0.404. The van der Waals surface area contributed by atoms with Crippen LogP contribution in [0.3, 0.4) is 0 Å². The molecule has 160 valence electrons. The van der Waals surface area contributed by atoms with Crippen molar-refractivity contribution >= 4 is 40.0 Å². The predicted octanol–water partition coefficient (Wildman–Crippen LogP) is 3.80. The Bertz CT molecular complexity index is 1620. The molecule has 5 rings (SSSR count). The number of nitrogens with one attached hydrogen (secondary N) is 2. The van der Waals surface area contributed by atoms with Gasteiger partial charge in [0.2, 0.25) is 0 Å². The van der Waals surface area contributed by atoms with Crippen LogP contribution in [0.2, 0.25) is 5.02 Å². The highest BCUT2D eigenvalue weighted by Crippen LogP contribution is 2.26. The van der Waals surface area contributed by atoms with Crippen molar-refractivity contribution in [2.24, 2.45) is 0 Å². The molecule has 0 spiro atoms. The molecular formula is C22H18ClN7OS. The first-order chi connectivity index (χ1) is 15.4. The Morgan fingerprint density at radius 3 is 2.81 bits per heavy atom. The van der Waals surface area contributed by atoms with E-state index in [1.807, 2.05) is 38.1 Å². The molecule has 4 heterocycles. The minimum absolute atomic E-state index is 0.142. The minimum Gasteiger partial charge on any atom is -0.283 e. The van der Waals surface area contributed by atoms with E-state index in [-0.39, 0.29) is 11.0 Å². The lowest BCUT2D eigenvalue weighted by Gasteiger charge is -2.14. The molecule has 0 aliphatic rings. The fourth-order valence-corrected chi connectivity index (χ4v) is 4.58. The van der Waals surface area contributed by atoms with Crippen LogP contribution >= 0.6 is 23.4 Å². The van der Waals surface area contributed by atoms with Crippen molar-refractivity contribution in [1.29, 1.82) is 5.41 Å². The maximum atomic E-state index is 12.4. The first-order valence-corrected chi connectivity index (χ1v) is 11.2. The van der Waals surface area contributed by atoms with Gasteiger partial charge in [0.1, 0.15) is 11.1 Å². The molecule has 2 N–H and O–H groups in total. The van der Waals surface area contributed by atoms with Crippen LogP contribution in [0, 0.1) is 19.3 Å². The Morgan fingerprint density at radius 2 is 2.00 bits per heavy atom. The first-order valence-electron chi connectivity index (χ1n) is 9.81. The Morgan fingerprint density at radius 1 is 1.16 bits per heavy atom. The van der Waals surface area contributed by atoms with E-state index in [0.29, 0.717) is 38.3 Å². The van der Waals surface area contributed by atoms with Gasteiger partial charge in [-0.3, -0.25) is 24.3 Å². The second-order valence-corrected chi connectivity index (χ2v) is 8.71. The maximum Gasteiger partial charge on any atom is 0.258 e. The number of halogens is 1. The molecule has 0 fully saturated rings. The molecule has 8 nitrogen and oxygen atoms in total. The number of aromatic amines is 1. The molecule has 0 saturated heterocycles. The maximum absolute atomic E-state index is 12.4. The van der Waals surface area contributed by atoms with Crippen LogP contribution in [0.5, 0.6) is 0 Å². The second kappa shape index (κ2) is 7.92. The lowest BCUT2D eigenvalue weighted by atomic mass is 10.2. The molecule has 0 atom stereocenters. The normalized spacial score (nSPS) is 11.5. The number of benzene rings is 1. The molecule has 0 aliphatic carbocycles. The Balaban J connectivity index is 1.62. The topological polar surface area (TPSA) is 105 Å². The van der Waals surface area contributed by atoms with Crippen LogP contribution in [-0.2, 0) is 5.75 Å². The van der Waals surface area contributed by atoms with Crippen molar-refractivity contribution < 1.29 is 0 Å². The number of nitrogens with zero attached hydrogens (tertiary/aromatic N) is 5. The molecular weight excluding hydrogens is 446 g/mol. The number of aromatic nitrogens is 6. The third-order valence-corrected chi connectivity index (χ3v) is 6.55. The van der Waals surface area contributed by atoms with Gasteiger partial charge >= 0.3 is 0 Å². The number of pyridine rings is 1. The molecule has 5 aromatic rings. The molecule has 32 heavy (non-hydrogen) atoms. The summed E-state index contributed by atoms with van der Waals surface area (Å²) in [4.78, 5) is 21.7. The van der Waals surface area contributed by atoms with Gasteiger partial charge in [0.25, 0.3) is 5.56 Å². The fraction of sp³-hybridized carbons (Fsp3) is 0.136. The summed E-state index contributed by atoms with van der Waals surface area (Å²) < 4.78 is 3.25. The van der Waals surface area contributed by atoms with E-state index >= 15 is 0 Å². The molecule has 4 aromatic heterocycles. The highest BCUT2D eigenvalue weighted by molar-refractivity contribution is 7.98. The van der Waals surface area contributed by atoms with Crippen molar-refractivity contribution in [1.82, 2.24) is 29.1 Å². The van der Waals surface area contributed by atoms with Gasteiger partial charge < -0.3 is 0 Å². The van der Waals surface area contributed by atoms with Crippen molar-refractivity contribution in [3.63, 3.8) is 0 Å². The zero-order valence-corrected chi connectivity index (χ0v) is 18.8. The molecule has 0 unspecified atom stereocenters. The Hall–Kier alpha value is -3.43. The quantitative estimate of drug-likeness (QED) is 0.311. The third kappa shape index (κ3) is 3.49. The predicted molar refractivity (Wildman–Crippen MR) is 125 cm³/mol. The zero-order chi connectivity index (χ0) is 22.4. The number of hydrogen-bond donors (Lipinski definition) is 2. The lowest BCUT2D eigenvalue weighted by molar-refractivity contribution is 0.786. The summed E-state index contributed by atoms with van der Waals surface area (Å²) in [5, 5.41) is 17.8. The third-order valence-electron chi connectivity index (χ3n) is 5.17. The zero-order valence-electron chi connectivity index (χ0n) is 17.3. The summed E-state index contributed by atoms with van der Waals surface area (Å²) in [6, 6.07) is 12.6. The van der Waals surface area contributed by atoms with Crippen molar-refractivity contribution in [3.05, 3.63) is 86.5 Å². The number of thioether (sulfide) groups is 1. The highest BCUT2D eigenvalue weighted by atomic mass is 35.5. The number of aryl methyl sites for hydroxylation is 2. The molecule has 0 aliphatic heterocycles. The summed E-state index contributed by atoms with van der Waals surface area (Å²) in [6.45, 7) is 3.79. The van der Waals surface area contributed by atoms with Crippen LogP contribution in [0.25, 0.3) is 22.4 Å². The summed E-state index contributed by atoms with van der Waals surface area (Å²) in [7, 11) is 0. The van der Waals surface area contributed by atoms with E-state index in [4.69, 9.17) is 22.0 Å². The van der Waals surface area contributed by atoms with Gasteiger partial charge in [-0.05, 0) is 43.7 Å². The van der Waals surface area contributed by atoms with Crippen molar-refractivity contribution in [3.8, 4) is 5.69 Å². The van der Waals surface area contributed by atoms with Gasteiger partial charge in [0.05, 0.1) is 16.8 Å². The highest BCUT2D eigenvalue weighted by Gasteiger charge is 2.16.